The first kappa shape index (κ1) is 22.3. The predicted molar refractivity (Wildman–Crippen MR) is 107 cm³/mol. The molecule has 0 aliphatic heterocycles. The molecular formula is C21H37N3O2. The number of aryl methyl sites for hydroxylation is 1. The third-order valence-corrected chi connectivity index (χ3v) is 4.78. The number of hydrogen-bond acceptors (Lipinski definition) is 2. The van der Waals surface area contributed by atoms with E-state index in [9.17, 15) is 9.59 Å². The van der Waals surface area contributed by atoms with E-state index < -0.39 is 0 Å². The Kier molecular flexibility index (Phi) is 10.1. The first-order valence-corrected chi connectivity index (χ1v) is 10.1. The smallest absolute Gasteiger partial charge is 0.242 e. The highest BCUT2D eigenvalue weighted by atomic mass is 16.2. The van der Waals surface area contributed by atoms with Crippen molar-refractivity contribution in [3.05, 3.63) is 24.0 Å². The molecule has 2 amide bonds. The minimum atomic E-state index is 0.0381. The quantitative estimate of drug-likeness (QED) is 0.528. The van der Waals surface area contributed by atoms with E-state index in [0.717, 1.165) is 44.3 Å². The number of rotatable bonds is 12. The van der Waals surface area contributed by atoms with Crippen LogP contribution in [0.1, 0.15) is 71.9 Å². The Bertz CT molecular complexity index is 551. The summed E-state index contributed by atoms with van der Waals surface area (Å²) in [4.78, 5) is 29.1. The van der Waals surface area contributed by atoms with Crippen molar-refractivity contribution in [1.82, 2.24) is 14.4 Å². The number of nitrogens with zero attached hydrogens (tertiary/aromatic N) is 3. The lowest BCUT2D eigenvalue weighted by atomic mass is 10.1. The molecule has 0 N–H and O–H groups in total. The van der Waals surface area contributed by atoms with Crippen molar-refractivity contribution >= 4 is 11.8 Å². The van der Waals surface area contributed by atoms with Gasteiger partial charge < -0.3 is 14.4 Å². The van der Waals surface area contributed by atoms with Crippen molar-refractivity contribution in [2.45, 2.75) is 78.8 Å². The summed E-state index contributed by atoms with van der Waals surface area (Å²) in [5.41, 5.74) is 1.11. The van der Waals surface area contributed by atoms with Gasteiger partial charge in [0.2, 0.25) is 11.8 Å². The predicted octanol–water partition coefficient (Wildman–Crippen LogP) is 3.97. The molecule has 26 heavy (non-hydrogen) atoms. The minimum absolute atomic E-state index is 0.0381. The summed E-state index contributed by atoms with van der Waals surface area (Å²) in [7, 11) is 2.00. The van der Waals surface area contributed by atoms with E-state index in [0.29, 0.717) is 13.0 Å². The second-order valence-electron chi connectivity index (χ2n) is 7.35. The average molecular weight is 364 g/mol. The van der Waals surface area contributed by atoms with Crippen LogP contribution < -0.4 is 0 Å². The van der Waals surface area contributed by atoms with E-state index in [4.69, 9.17) is 0 Å². The Labute approximate surface area is 159 Å². The summed E-state index contributed by atoms with van der Waals surface area (Å²) >= 11 is 0. The van der Waals surface area contributed by atoms with Crippen molar-refractivity contribution in [1.29, 1.82) is 0 Å². The Hall–Kier alpha value is -1.78. The molecule has 1 aromatic heterocycles. The van der Waals surface area contributed by atoms with E-state index >= 15 is 0 Å². The molecule has 1 heterocycles. The van der Waals surface area contributed by atoms with Crippen LogP contribution in [-0.2, 0) is 23.2 Å². The van der Waals surface area contributed by atoms with E-state index in [1.54, 1.807) is 4.90 Å². The van der Waals surface area contributed by atoms with Crippen LogP contribution in [0.25, 0.3) is 0 Å². The Morgan fingerprint density at radius 1 is 1.08 bits per heavy atom. The van der Waals surface area contributed by atoms with Crippen LogP contribution in [0.4, 0.5) is 0 Å². The molecule has 0 spiro atoms. The molecule has 1 rings (SSSR count). The molecule has 0 fully saturated rings. The maximum atomic E-state index is 13.0. The highest BCUT2D eigenvalue weighted by Gasteiger charge is 2.23. The number of carbonyl (C=O) groups is 2. The summed E-state index contributed by atoms with van der Waals surface area (Å²) < 4.78 is 2.04. The Morgan fingerprint density at radius 2 is 1.77 bits per heavy atom. The second kappa shape index (κ2) is 11.8. The monoisotopic (exact) mass is 363 g/mol. The van der Waals surface area contributed by atoms with Gasteiger partial charge >= 0.3 is 0 Å². The fourth-order valence-electron chi connectivity index (χ4n) is 2.97. The third kappa shape index (κ3) is 7.22. The van der Waals surface area contributed by atoms with Gasteiger partial charge in [-0.3, -0.25) is 9.59 Å². The molecule has 0 atom stereocenters. The number of hydrogen-bond donors (Lipinski definition) is 0. The third-order valence-electron chi connectivity index (χ3n) is 4.78. The van der Waals surface area contributed by atoms with Crippen LogP contribution in [0.3, 0.4) is 0 Å². The van der Waals surface area contributed by atoms with Crippen molar-refractivity contribution in [3.63, 3.8) is 0 Å². The maximum Gasteiger partial charge on any atom is 0.242 e. The summed E-state index contributed by atoms with van der Waals surface area (Å²) in [6.45, 7) is 9.73. The van der Waals surface area contributed by atoms with E-state index in [1.807, 2.05) is 48.7 Å². The highest BCUT2D eigenvalue weighted by Crippen LogP contribution is 2.11. The molecule has 0 aliphatic rings. The first-order chi connectivity index (χ1) is 12.4. The van der Waals surface area contributed by atoms with Crippen molar-refractivity contribution in [2.24, 2.45) is 7.05 Å². The van der Waals surface area contributed by atoms with E-state index in [2.05, 4.69) is 13.8 Å². The molecule has 0 bridgehead atoms. The Balaban J connectivity index is 2.77. The van der Waals surface area contributed by atoms with Crippen LogP contribution in [0, 0.1) is 0 Å². The van der Waals surface area contributed by atoms with Crippen LogP contribution in [0.2, 0.25) is 0 Å². The van der Waals surface area contributed by atoms with Crippen LogP contribution in [0.5, 0.6) is 0 Å². The van der Waals surface area contributed by atoms with Gasteiger partial charge in [0.25, 0.3) is 0 Å². The number of amides is 2. The van der Waals surface area contributed by atoms with Crippen molar-refractivity contribution in [2.75, 3.05) is 13.1 Å². The lowest BCUT2D eigenvalue weighted by molar-refractivity contribution is -0.142. The molecule has 148 valence electrons. The van der Waals surface area contributed by atoms with Gasteiger partial charge in [0.1, 0.15) is 0 Å². The lowest BCUT2D eigenvalue weighted by Gasteiger charge is -2.30. The average Bonchev–Trinajstić information content (AvgIpc) is 3.00. The molecule has 5 nitrogen and oxygen atoms in total. The number of carbonyl (C=O) groups excluding carboxylic acids is 2. The van der Waals surface area contributed by atoms with Gasteiger partial charge in [-0.05, 0) is 38.8 Å². The highest BCUT2D eigenvalue weighted by molar-refractivity contribution is 5.85. The van der Waals surface area contributed by atoms with Crippen LogP contribution in [0.15, 0.2) is 18.3 Å². The first-order valence-electron chi connectivity index (χ1n) is 10.1. The van der Waals surface area contributed by atoms with Crippen molar-refractivity contribution in [3.8, 4) is 0 Å². The van der Waals surface area contributed by atoms with E-state index in [1.165, 1.54) is 0 Å². The van der Waals surface area contributed by atoms with Gasteiger partial charge in [0.05, 0.1) is 13.1 Å². The lowest BCUT2D eigenvalue weighted by Crippen LogP contribution is -2.46. The summed E-state index contributed by atoms with van der Waals surface area (Å²) in [5, 5.41) is 0. The summed E-state index contributed by atoms with van der Waals surface area (Å²) in [5.74, 6) is 0.133. The molecule has 0 aliphatic carbocycles. The van der Waals surface area contributed by atoms with Crippen LogP contribution >= 0.6 is 0 Å². The van der Waals surface area contributed by atoms with Gasteiger partial charge in [-0.1, -0.05) is 33.1 Å². The zero-order valence-corrected chi connectivity index (χ0v) is 17.3. The normalized spacial score (nSPS) is 11.0. The topological polar surface area (TPSA) is 45.6 Å². The zero-order valence-electron chi connectivity index (χ0n) is 17.3. The fraction of sp³-hybridized carbons (Fsp3) is 0.714. The molecule has 0 radical (unpaired) electrons. The molecule has 1 aromatic rings. The van der Waals surface area contributed by atoms with Gasteiger partial charge in [0, 0.05) is 37.9 Å². The van der Waals surface area contributed by atoms with Gasteiger partial charge in [-0.15, -0.1) is 0 Å². The Morgan fingerprint density at radius 3 is 2.31 bits per heavy atom. The van der Waals surface area contributed by atoms with Crippen molar-refractivity contribution < 1.29 is 9.59 Å². The molecule has 0 unspecified atom stereocenters. The molecule has 0 saturated carbocycles. The fourth-order valence-corrected chi connectivity index (χ4v) is 2.97. The molecule has 5 heteroatoms. The van der Waals surface area contributed by atoms with Gasteiger partial charge in [-0.2, -0.15) is 0 Å². The SMILES string of the molecule is CCCCCC(=O)N(CC(=O)N(CCCC)Cc1cccn1C)C(C)C. The molecule has 0 aromatic carbocycles. The largest absolute Gasteiger partial charge is 0.353 e. The molecule has 0 saturated heterocycles. The summed E-state index contributed by atoms with van der Waals surface area (Å²) in [6, 6.07) is 4.08. The minimum Gasteiger partial charge on any atom is -0.353 e. The van der Waals surface area contributed by atoms with Crippen LogP contribution in [-0.4, -0.2) is 45.3 Å². The maximum absolute atomic E-state index is 13.0. The standard InChI is InChI=1S/C21H37N3O2/c1-6-8-10-13-20(25)24(18(3)4)17-21(26)23(15-9-7-2)16-19-12-11-14-22(19)5/h11-12,14,18H,6-10,13,15-17H2,1-5H3. The number of aromatic nitrogens is 1. The summed E-state index contributed by atoms with van der Waals surface area (Å²) in [6.07, 6.45) is 7.59. The molecular weight excluding hydrogens is 326 g/mol. The van der Waals surface area contributed by atoms with E-state index in [-0.39, 0.29) is 24.4 Å². The zero-order chi connectivity index (χ0) is 19.5. The van der Waals surface area contributed by atoms with Gasteiger partial charge in [-0.25, -0.2) is 0 Å². The van der Waals surface area contributed by atoms with Gasteiger partial charge in [0.15, 0.2) is 0 Å². The number of unbranched alkanes of at least 4 members (excludes halogenated alkanes) is 3. The second-order valence-corrected chi connectivity index (χ2v) is 7.35.